The molecule has 0 radical (unpaired) electrons. The van der Waals surface area contributed by atoms with Crippen LogP contribution < -0.4 is 5.56 Å². The van der Waals surface area contributed by atoms with Gasteiger partial charge in [-0.1, -0.05) is 29.8 Å². The quantitative estimate of drug-likeness (QED) is 0.489. The largest absolute Gasteiger partial charge is 0.268 e. The third-order valence-corrected chi connectivity index (χ3v) is 3.63. The maximum atomic E-state index is 12.6. The number of carbonyl (C=O) groups excluding carboxylic acids is 1. The number of carbonyl (C=O) groups is 1. The second kappa shape index (κ2) is 3.63. The summed E-state index contributed by atoms with van der Waals surface area (Å²) >= 11 is 0. The van der Waals surface area contributed by atoms with E-state index >= 15 is 0 Å². The second-order valence-corrected chi connectivity index (χ2v) is 4.95. The lowest BCUT2D eigenvalue weighted by molar-refractivity contribution is 0.0965. The van der Waals surface area contributed by atoms with Crippen LogP contribution in [0.4, 0.5) is 0 Å². The Balaban J connectivity index is 2.20. The molecule has 2 aromatic carbocycles. The molecule has 0 saturated heterocycles. The standard InChI is InChI=1S/C16H10N2O2/c1-9-6-7-13-12(8-9)16(20)18-14(17-13)10-4-2-3-5-11(10)15(18)19/h2-8H,1H3. The highest BCUT2D eigenvalue weighted by Gasteiger charge is 2.29. The van der Waals surface area contributed by atoms with Gasteiger partial charge < -0.3 is 0 Å². The second-order valence-electron chi connectivity index (χ2n) is 4.95. The minimum absolute atomic E-state index is 0.295. The van der Waals surface area contributed by atoms with Crippen molar-refractivity contribution in [2.75, 3.05) is 0 Å². The van der Waals surface area contributed by atoms with E-state index in [0.717, 1.165) is 11.1 Å². The maximum Gasteiger partial charge on any atom is 0.268 e. The highest BCUT2D eigenvalue weighted by molar-refractivity contribution is 6.09. The third-order valence-electron chi connectivity index (χ3n) is 3.63. The molecule has 0 spiro atoms. The van der Waals surface area contributed by atoms with E-state index < -0.39 is 0 Å². The van der Waals surface area contributed by atoms with Crippen molar-refractivity contribution in [1.82, 2.24) is 9.55 Å². The van der Waals surface area contributed by atoms with E-state index in [1.807, 2.05) is 31.2 Å². The number of fused-ring (bicyclic) bond motifs is 4. The number of rotatable bonds is 0. The Morgan fingerprint density at radius 3 is 2.55 bits per heavy atom. The number of hydrogen-bond donors (Lipinski definition) is 0. The summed E-state index contributed by atoms with van der Waals surface area (Å²) < 4.78 is 1.17. The molecule has 3 aromatic rings. The first-order valence-electron chi connectivity index (χ1n) is 6.34. The Labute approximate surface area is 114 Å². The Kier molecular flexibility index (Phi) is 2.02. The number of hydrogen-bond acceptors (Lipinski definition) is 3. The van der Waals surface area contributed by atoms with Crippen LogP contribution in [0.5, 0.6) is 0 Å². The van der Waals surface area contributed by atoms with Crippen LogP contribution in [0.15, 0.2) is 47.3 Å². The molecule has 1 aliphatic rings. The molecule has 0 atom stereocenters. The minimum atomic E-state index is -0.296. The number of aryl methyl sites for hydroxylation is 1. The fourth-order valence-corrected chi connectivity index (χ4v) is 2.65. The zero-order valence-electron chi connectivity index (χ0n) is 10.8. The lowest BCUT2D eigenvalue weighted by Crippen LogP contribution is -2.25. The monoisotopic (exact) mass is 262 g/mol. The third kappa shape index (κ3) is 1.28. The first-order chi connectivity index (χ1) is 9.66. The van der Waals surface area contributed by atoms with Crippen LogP contribution in [-0.4, -0.2) is 15.5 Å². The molecule has 4 nitrogen and oxygen atoms in total. The van der Waals surface area contributed by atoms with Crippen molar-refractivity contribution in [1.29, 1.82) is 0 Å². The Morgan fingerprint density at radius 2 is 1.75 bits per heavy atom. The molecular weight excluding hydrogens is 252 g/mol. The molecule has 0 fully saturated rings. The van der Waals surface area contributed by atoms with Gasteiger partial charge in [-0.15, -0.1) is 0 Å². The molecule has 0 saturated carbocycles. The van der Waals surface area contributed by atoms with Gasteiger partial charge in [0.1, 0.15) is 0 Å². The van der Waals surface area contributed by atoms with Gasteiger partial charge in [0.25, 0.3) is 11.5 Å². The number of benzene rings is 2. The zero-order chi connectivity index (χ0) is 13.9. The van der Waals surface area contributed by atoms with E-state index in [4.69, 9.17) is 0 Å². The molecule has 0 N–H and O–H groups in total. The van der Waals surface area contributed by atoms with Crippen LogP contribution in [-0.2, 0) is 0 Å². The topological polar surface area (TPSA) is 52.0 Å². The predicted octanol–water partition coefficient (Wildman–Crippen LogP) is 2.37. The lowest BCUT2D eigenvalue weighted by atomic mass is 10.1. The fraction of sp³-hybridized carbons (Fsp3) is 0.0625. The van der Waals surface area contributed by atoms with Crippen molar-refractivity contribution >= 4 is 16.8 Å². The first-order valence-corrected chi connectivity index (χ1v) is 6.34. The highest BCUT2D eigenvalue weighted by atomic mass is 16.2. The summed E-state index contributed by atoms with van der Waals surface area (Å²) in [6.07, 6.45) is 0. The molecular formula is C16H10N2O2. The highest BCUT2D eigenvalue weighted by Crippen LogP contribution is 2.29. The average Bonchev–Trinajstić information content (AvgIpc) is 2.74. The van der Waals surface area contributed by atoms with E-state index in [-0.39, 0.29) is 11.5 Å². The van der Waals surface area contributed by atoms with Gasteiger partial charge in [0.15, 0.2) is 5.82 Å². The van der Waals surface area contributed by atoms with E-state index in [1.54, 1.807) is 18.2 Å². The molecule has 4 rings (SSSR count). The van der Waals surface area contributed by atoms with Crippen LogP contribution in [0.3, 0.4) is 0 Å². The summed E-state index contributed by atoms with van der Waals surface area (Å²) in [6.45, 7) is 1.91. The van der Waals surface area contributed by atoms with Gasteiger partial charge in [0.2, 0.25) is 0 Å². The summed E-state index contributed by atoms with van der Waals surface area (Å²) in [4.78, 5) is 29.4. The molecule has 20 heavy (non-hydrogen) atoms. The normalized spacial score (nSPS) is 12.6. The molecule has 0 unspecified atom stereocenters. The average molecular weight is 262 g/mol. The fourth-order valence-electron chi connectivity index (χ4n) is 2.65. The Morgan fingerprint density at radius 1 is 1.00 bits per heavy atom. The van der Waals surface area contributed by atoms with E-state index in [9.17, 15) is 9.59 Å². The summed E-state index contributed by atoms with van der Waals surface area (Å²) in [5.41, 5.74) is 2.55. The molecule has 0 aliphatic carbocycles. The predicted molar refractivity (Wildman–Crippen MR) is 75.9 cm³/mol. The van der Waals surface area contributed by atoms with Crippen molar-refractivity contribution < 1.29 is 4.79 Å². The van der Waals surface area contributed by atoms with Crippen molar-refractivity contribution in [2.24, 2.45) is 0 Å². The molecule has 96 valence electrons. The van der Waals surface area contributed by atoms with E-state index in [2.05, 4.69) is 4.98 Å². The van der Waals surface area contributed by atoms with E-state index in [0.29, 0.717) is 22.3 Å². The van der Waals surface area contributed by atoms with Crippen LogP contribution in [0.1, 0.15) is 15.9 Å². The van der Waals surface area contributed by atoms with E-state index in [1.165, 1.54) is 4.57 Å². The van der Waals surface area contributed by atoms with Gasteiger partial charge in [-0.25, -0.2) is 9.55 Å². The van der Waals surface area contributed by atoms with Gasteiger partial charge >= 0.3 is 0 Å². The van der Waals surface area contributed by atoms with Crippen molar-refractivity contribution in [3.8, 4) is 11.4 Å². The van der Waals surface area contributed by atoms with Crippen LogP contribution in [0.25, 0.3) is 22.3 Å². The summed E-state index contributed by atoms with van der Waals surface area (Å²) in [6, 6.07) is 12.7. The Hall–Kier alpha value is -2.75. The van der Waals surface area contributed by atoms with Crippen LogP contribution in [0.2, 0.25) is 0 Å². The van der Waals surface area contributed by atoms with Gasteiger partial charge in [-0.3, -0.25) is 9.59 Å². The first kappa shape index (κ1) is 11.1. The van der Waals surface area contributed by atoms with Crippen LogP contribution in [0, 0.1) is 6.92 Å². The number of nitrogens with zero attached hydrogens (tertiary/aromatic N) is 2. The Bertz CT molecular complexity index is 954. The van der Waals surface area contributed by atoms with Crippen molar-refractivity contribution in [3.05, 3.63) is 63.9 Å². The van der Waals surface area contributed by atoms with Gasteiger partial charge in [-0.05, 0) is 25.1 Å². The minimum Gasteiger partial charge on any atom is -0.268 e. The summed E-state index contributed by atoms with van der Waals surface area (Å²) in [7, 11) is 0. The zero-order valence-corrected chi connectivity index (χ0v) is 10.8. The molecule has 4 heteroatoms. The van der Waals surface area contributed by atoms with Gasteiger partial charge in [0, 0.05) is 5.56 Å². The maximum absolute atomic E-state index is 12.6. The van der Waals surface area contributed by atoms with Crippen LogP contribution >= 0.6 is 0 Å². The molecule has 1 aromatic heterocycles. The molecule has 1 aliphatic heterocycles. The SMILES string of the molecule is Cc1ccc2nc3n(c(=O)c2c1)C(=O)c1ccccc1-3. The van der Waals surface area contributed by atoms with Crippen molar-refractivity contribution in [2.45, 2.75) is 6.92 Å². The molecule has 0 bridgehead atoms. The molecule has 0 amide bonds. The molecule has 2 heterocycles. The summed E-state index contributed by atoms with van der Waals surface area (Å²) in [5.74, 6) is 0.142. The lowest BCUT2D eigenvalue weighted by Gasteiger charge is -2.04. The number of aromatic nitrogens is 2. The summed E-state index contributed by atoms with van der Waals surface area (Å²) in [5, 5.41) is 0.481. The van der Waals surface area contributed by atoms with Crippen molar-refractivity contribution in [3.63, 3.8) is 0 Å². The van der Waals surface area contributed by atoms with Gasteiger partial charge in [0.05, 0.1) is 16.5 Å². The van der Waals surface area contributed by atoms with Gasteiger partial charge in [-0.2, -0.15) is 0 Å². The smallest absolute Gasteiger partial charge is 0.268 e.